The number of carbonyl (C=O) groups is 1. The number of hydrazone groups is 1. The first-order valence-electron chi connectivity index (χ1n) is 4.04. The molecule has 0 aliphatic heterocycles. The van der Waals surface area contributed by atoms with Crippen LogP contribution in [0.5, 0.6) is 0 Å². The molecule has 1 aliphatic carbocycles. The summed E-state index contributed by atoms with van der Waals surface area (Å²) in [6.45, 7) is -0.175. The number of allylic oxidation sites excluding steroid dienone is 4. The van der Waals surface area contributed by atoms with Gasteiger partial charge in [0.05, 0.1) is 20.1 Å². The average molecular weight is 314 g/mol. The molecule has 1 N–H and O–H groups in total. The van der Waals surface area contributed by atoms with Crippen LogP contribution in [0.25, 0.3) is 0 Å². The van der Waals surface area contributed by atoms with E-state index in [1.807, 2.05) is 5.43 Å². The highest BCUT2D eigenvalue weighted by Gasteiger charge is 2.27. The molecule has 0 radical (unpaired) electrons. The first kappa shape index (κ1) is 14.2. The zero-order valence-electron chi connectivity index (χ0n) is 8.06. The summed E-state index contributed by atoms with van der Waals surface area (Å²) in [6, 6.07) is 0. The molecule has 1 amide bonds. The zero-order valence-corrected chi connectivity index (χ0v) is 11.1. The molecule has 0 heterocycles. The largest absolute Gasteiger partial charge is 0.435 e. The number of hydrogen-bond donors (Lipinski definition) is 1. The van der Waals surface area contributed by atoms with Crippen molar-refractivity contribution >= 4 is 58.2 Å². The van der Waals surface area contributed by atoms with Crippen molar-refractivity contribution in [3.63, 3.8) is 0 Å². The van der Waals surface area contributed by atoms with Crippen molar-refractivity contribution in [1.29, 1.82) is 0 Å². The fourth-order valence-electron chi connectivity index (χ4n) is 0.836. The van der Waals surface area contributed by atoms with Crippen molar-refractivity contribution in [3.8, 4) is 12.3 Å². The molecule has 17 heavy (non-hydrogen) atoms. The molecule has 0 spiro atoms. The van der Waals surface area contributed by atoms with Gasteiger partial charge in [0, 0.05) is 0 Å². The number of nitrogens with zero attached hydrogens (tertiary/aromatic N) is 1. The van der Waals surface area contributed by atoms with Crippen LogP contribution in [0.15, 0.2) is 25.2 Å². The number of ether oxygens (including phenoxy) is 1. The molecule has 1 aliphatic rings. The third kappa shape index (κ3) is 3.30. The Labute approximate surface area is 117 Å². The Kier molecular flexibility index (Phi) is 5.16. The van der Waals surface area contributed by atoms with Gasteiger partial charge < -0.3 is 4.74 Å². The van der Waals surface area contributed by atoms with E-state index in [1.54, 1.807) is 0 Å². The average Bonchev–Trinajstić information content (AvgIpc) is 2.49. The van der Waals surface area contributed by atoms with E-state index in [4.69, 9.17) is 52.8 Å². The Morgan fingerprint density at radius 1 is 1.24 bits per heavy atom. The Balaban J connectivity index is 2.76. The van der Waals surface area contributed by atoms with Crippen LogP contribution in [0.3, 0.4) is 0 Å². The second kappa shape index (κ2) is 6.18. The summed E-state index contributed by atoms with van der Waals surface area (Å²) < 4.78 is 4.50. The molecule has 0 saturated carbocycles. The van der Waals surface area contributed by atoms with Crippen LogP contribution in [-0.4, -0.2) is 18.4 Å². The van der Waals surface area contributed by atoms with Gasteiger partial charge in [-0.1, -0.05) is 52.3 Å². The monoisotopic (exact) mass is 312 g/mol. The van der Waals surface area contributed by atoms with Crippen LogP contribution in [0, 0.1) is 12.3 Å². The van der Waals surface area contributed by atoms with Gasteiger partial charge in [0.25, 0.3) is 0 Å². The van der Waals surface area contributed by atoms with Crippen molar-refractivity contribution in [1.82, 2.24) is 5.43 Å². The molecular weight excluding hydrogens is 310 g/mol. The maximum Gasteiger partial charge on any atom is 0.428 e. The molecule has 8 heteroatoms. The fourth-order valence-corrected chi connectivity index (χ4v) is 1.81. The van der Waals surface area contributed by atoms with Crippen molar-refractivity contribution < 1.29 is 9.53 Å². The van der Waals surface area contributed by atoms with Crippen LogP contribution < -0.4 is 5.43 Å². The van der Waals surface area contributed by atoms with E-state index in [9.17, 15) is 4.79 Å². The van der Waals surface area contributed by atoms with Crippen molar-refractivity contribution in [2.24, 2.45) is 5.10 Å². The molecule has 0 aromatic heterocycles. The quantitative estimate of drug-likeness (QED) is 0.629. The molecule has 0 atom stereocenters. The van der Waals surface area contributed by atoms with Gasteiger partial charge >= 0.3 is 6.09 Å². The summed E-state index contributed by atoms with van der Waals surface area (Å²) in [5.41, 5.74) is 2.09. The molecule has 0 aromatic rings. The van der Waals surface area contributed by atoms with Crippen molar-refractivity contribution in [2.45, 2.75) is 0 Å². The molecule has 90 valence electrons. The first-order chi connectivity index (χ1) is 7.99. The standard InChI is InChI=1S/C9H4Cl4N2O2/c1-2-3-17-9(16)15-14-8-6(12)4(10)5(11)7(8)13/h1H,3H2,(H,15,16). The third-order valence-corrected chi connectivity index (χ3v) is 3.32. The summed E-state index contributed by atoms with van der Waals surface area (Å²) in [5, 5.41) is 3.83. The Hall–Kier alpha value is -0.860. The van der Waals surface area contributed by atoms with Crippen LogP contribution in [0.4, 0.5) is 4.79 Å². The van der Waals surface area contributed by atoms with Crippen LogP contribution in [0.1, 0.15) is 0 Å². The summed E-state index contributed by atoms with van der Waals surface area (Å²) >= 11 is 23.0. The Bertz CT molecular complexity index is 462. The number of hydrogen-bond acceptors (Lipinski definition) is 3. The summed E-state index contributed by atoms with van der Waals surface area (Å²) in [5.74, 6) is 2.11. The lowest BCUT2D eigenvalue weighted by atomic mass is 10.4. The minimum Gasteiger partial charge on any atom is -0.435 e. The lowest BCUT2D eigenvalue weighted by Crippen LogP contribution is -2.20. The normalized spacial score (nSPS) is 14.9. The molecule has 0 saturated heterocycles. The second-order valence-electron chi connectivity index (χ2n) is 2.61. The molecular formula is C9H4Cl4N2O2. The van der Waals surface area contributed by atoms with E-state index in [-0.39, 0.29) is 32.4 Å². The van der Waals surface area contributed by atoms with E-state index in [1.165, 1.54) is 0 Å². The predicted molar refractivity (Wildman–Crippen MR) is 68.2 cm³/mol. The Morgan fingerprint density at radius 3 is 2.24 bits per heavy atom. The van der Waals surface area contributed by atoms with Crippen LogP contribution in [-0.2, 0) is 4.74 Å². The van der Waals surface area contributed by atoms with Gasteiger partial charge in [0.2, 0.25) is 0 Å². The summed E-state index contributed by atoms with van der Waals surface area (Å²) in [4.78, 5) is 11.0. The maximum absolute atomic E-state index is 11.0. The lowest BCUT2D eigenvalue weighted by molar-refractivity contribution is 0.160. The van der Waals surface area contributed by atoms with Gasteiger partial charge in [0.15, 0.2) is 6.61 Å². The van der Waals surface area contributed by atoms with Crippen molar-refractivity contribution in [2.75, 3.05) is 6.61 Å². The van der Waals surface area contributed by atoms with E-state index < -0.39 is 6.09 Å². The topological polar surface area (TPSA) is 50.7 Å². The molecule has 0 bridgehead atoms. The molecule has 0 aromatic carbocycles. The van der Waals surface area contributed by atoms with Gasteiger partial charge in [-0.2, -0.15) is 5.10 Å². The van der Waals surface area contributed by atoms with E-state index in [0.717, 1.165) is 0 Å². The van der Waals surface area contributed by atoms with Gasteiger partial charge in [0.1, 0.15) is 5.71 Å². The summed E-state index contributed by atoms with van der Waals surface area (Å²) in [7, 11) is 0. The smallest absolute Gasteiger partial charge is 0.428 e. The highest BCUT2D eigenvalue weighted by Crippen LogP contribution is 2.39. The number of terminal acetylenes is 1. The van der Waals surface area contributed by atoms with E-state index in [2.05, 4.69) is 15.8 Å². The van der Waals surface area contributed by atoms with Gasteiger partial charge in [-0.25, -0.2) is 10.2 Å². The number of amides is 1. The molecule has 0 fully saturated rings. The molecule has 0 unspecified atom stereocenters. The highest BCUT2D eigenvalue weighted by molar-refractivity contribution is 6.66. The molecule has 1 rings (SSSR count). The van der Waals surface area contributed by atoms with E-state index in [0.29, 0.717) is 0 Å². The number of halogens is 4. The Morgan fingerprint density at radius 2 is 1.76 bits per heavy atom. The second-order valence-corrected chi connectivity index (χ2v) is 4.12. The van der Waals surface area contributed by atoms with Crippen LogP contribution >= 0.6 is 46.4 Å². The SMILES string of the molecule is C#CCOC(=O)NN=C1C(Cl)=C(Cl)C(Cl)=C1Cl. The predicted octanol–water partition coefficient (Wildman–Crippen LogP) is 3.09. The van der Waals surface area contributed by atoms with Crippen LogP contribution in [0.2, 0.25) is 0 Å². The minimum absolute atomic E-state index is 0.0407. The molecule has 4 nitrogen and oxygen atoms in total. The summed E-state index contributed by atoms with van der Waals surface area (Å²) in [6.07, 6.45) is 4.05. The zero-order chi connectivity index (χ0) is 13.0. The fraction of sp³-hybridized carbons (Fsp3) is 0.111. The maximum atomic E-state index is 11.0. The minimum atomic E-state index is -0.844. The number of rotatable bonds is 2. The highest BCUT2D eigenvalue weighted by atomic mass is 35.5. The number of nitrogens with one attached hydrogen (secondary N) is 1. The van der Waals surface area contributed by atoms with Gasteiger partial charge in [-0.05, 0) is 0 Å². The van der Waals surface area contributed by atoms with Crippen molar-refractivity contribution in [3.05, 3.63) is 20.1 Å². The third-order valence-electron chi connectivity index (χ3n) is 1.54. The van der Waals surface area contributed by atoms with Gasteiger partial charge in [-0.15, -0.1) is 6.42 Å². The van der Waals surface area contributed by atoms with E-state index >= 15 is 0 Å². The number of carbonyl (C=O) groups excluding carboxylic acids is 1. The first-order valence-corrected chi connectivity index (χ1v) is 5.55. The lowest BCUT2D eigenvalue weighted by Gasteiger charge is -2.01. The van der Waals surface area contributed by atoms with Gasteiger partial charge in [-0.3, -0.25) is 0 Å².